The van der Waals surface area contributed by atoms with E-state index in [-0.39, 0.29) is 116 Å². The zero-order chi connectivity index (χ0) is 24.1. The van der Waals surface area contributed by atoms with E-state index in [2.05, 4.69) is 10.6 Å². The second kappa shape index (κ2) is 15.5. The molecule has 0 spiro atoms. The third-order valence-corrected chi connectivity index (χ3v) is 6.22. The van der Waals surface area contributed by atoms with Crippen molar-refractivity contribution in [3.63, 3.8) is 0 Å². The zero-order valence-corrected chi connectivity index (χ0v) is 27.5. The summed E-state index contributed by atoms with van der Waals surface area (Å²) in [6, 6.07) is 11.1. The molecule has 2 atom stereocenters. The van der Waals surface area contributed by atoms with Crippen LogP contribution < -0.4 is 113 Å². The molecule has 0 saturated heterocycles. The van der Waals surface area contributed by atoms with Gasteiger partial charge < -0.3 is 30.0 Å². The molecule has 0 fully saturated rings. The van der Waals surface area contributed by atoms with Crippen molar-refractivity contribution in [1.82, 2.24) is 0 Å². The predicted octanol–water partition coefficient (Wildman–Crippen LogP) is -5.39. The standard InChI is InChI=1S/C20H28N2O8S2.2K/c1-13-7-15(3-5-19(13)21-9-17(23)11-31(25,26)27)16-4-6-20(14(2)8-16)22-10-18(24)12-32(28,29)30;;/h3-8,17-18,21-24H,9-12H2,1-2H3,(H,25,26,27)(H,28,29,30);;/q;2*+1/p-2. The number of aryl methyl sites for hydroxylation is 2. The van der Waals surface area contributed by atoms with E-state index in [0.29, 0.717) is 11.4 Å². The third-order valence-electron chi connectivity index (χ3n) is 4.64. The molecule has 178 valence electrons. The Labute approximate surface area is 285 Å². The summed E-state index contributed by atoms with van der Waals surface area (Å²) in [5, 5.41) is 25.2. The van der Waals surface area contributed by atoms with E-state index in [1.165, 1.54) is 0 Å². The van der Waals surface area contributed by atoms with Gasteiger partial charge >= 0.3 is 103 Å². The van der Waals surface area contributed by atoms with Gasteiger partial charge in [-0.1, -0.05) is 12.1 Å². The largest absolute Gasteiger partial charge is 1.00 e. The van der Waals surface area contributed by atoms with Gasteiger partial charge in [0, 0.05) is 24.5 Å². The average molecular weight is 565 g/mol. The van der Waals surface area contributed by atoms with Crippen LogP contribution in [-0.2, 0) is 20.2 Å². The van der Waals surface area contributed by atoms with Gasteiger partial charge in [0.15, 0.2) is 0 Å². The maximum absolute atomic E-state index is 10.7. The van der Waals surface area contributed by atoms with Crippen molar-refractivity contribution in [1.29, 1.82) is 0 Å². The molecule has 2 rings (SSSR count). The molecule has 0 aliphatic carbocycles. The Morgan fingerprint density at radius 3 is 1.32 bits per heavy atom. The Kier molecular flexibility index (Phi) is 15.9. The molecule has 14 heteroatoms. The van der Waals surface area contributed by atoms with Crippen LogP contribution in [0.2, 0.25) is 0 Å². The maximum Gasteiger partial charge on any atom is 1.00 e. The maximum atomic E-state index is 10.7. The van der Waals surface area contributed by atoms with E-state index in [0.717, 1.165) is 22.3 Å². The summed E-state index contributed by atoms with van der Waals surface area (Å²) < 4.78 is 64.2. The number of anilines is 2. The van der Waals surface area contributed by atoms with Crippen LogP contribution in [0, 0.1) is 13.8 Å². The van der Waals surface area contributed by atoms with E-state index in [1.807, 2.05) is 38.1 Å². The molecule has 2 aromatic rings. The quantitative estimate of drug-likeness (QED) is 0.152. The zero-order valence-electron chi connectivity index (χ0n) is 19.6. The molecule has 0 heterocycles. The topological polar surface area (TPSA) is 179 Å². The van der Waals surface area contributed by atoms with Crippen LogP contribution in [0.1, 0.15) is 11.1 Å². The first-order valence-electron chi connectivity index (χ1n) is 9.66. The van der Waals surface area contributed by atoms with Crippen LogP contribution in [0.3, 0.4) is 0 Å². The Bertz CT molecular complexity index is 1070. The van der Waals surface area contributed by atoms with Gasteiger partial charge in [-0.2, -0.15) is 0 Å². The van der Waals surface area contributed by atoms with Gasteiger partial charge in [0.25, 0.3) is 0 Å². The second-order valence-corrected chi connectivity index (χ2v) is 10.5. The molecule has 10 nitrogen and oxygen atoms in total. The molecule has 0 aliphatic heterocycles. The predicted molar refractivity (Wildman–Crippen MR) is 119 cm³/mol. The molecule has 0 aliphatic rings. The van der Waals surface area contributed by atoms with Crippen LogP contribution in [0.5, 0.6) is 0 Å². The monoisotopic (exact) mass is 564 g/mol. The van der Waals surface area contributed by atoms with Crippen molar-refractivity contribution in [2.45, 2.75) is 26.1 Å². The fourth-order valence-corrected chi connectivity index (χ4v) is 4.31. The fourth-order valence-electron chi connectivity index (χ4n) is 3.13. The van der Waals surface area contributed by atoms with Crippen LogP contribution >= 0.6 is 0 Å². The van der Waals surface area contributed by atoms with Crippen molar-refractivity contribution >= 4 is 31.6 Å². The molecule has 4 N–H and O–H groups in total. The number of aliphatic hydroxyl groups is 2. The summed E-state index contributed by atoms with van der Waals surface area (Å²) in [7, 11) is -9.01. The van der Waals surface area contributed by atoms with Gasteiger partial charge in [-0.05, 0) is 60.4 Å². The summed E-state index contributed by atoms with van der Waals surface area (Å²) >= 11 is 0. The normalized spacial score (nSPS) is 13.2. The molecular formula is C20H26K2N2O8S2. The minimum absolute atomic E-state index is 0. The number of hydrogen-bond donors (Lipinski definition) is 4. The Morgan fingerprint density at radius 1 is 0.735 bits per heavy atom. The van der Waals surface area contributed by atoms with Crippen molar-refractivity contribution < 1.29 is 139 Å². The Morgan fingerprint density at radius 2 is 1.06 bits per heavy atom. The first kappa shape index (κ1) is 35.1. The van der Waals surface area contributed by atoms with Crippen LogP contribution in [0.15, 0.2) is 36.4 Å². The summed E-state index contributed by atoms with van der Waals surface area (Å²) in [5.74, 6) is -1.72. The van der Waals surface area contributed by atoms with Gasteiger partial charge in [-0.25, -0.2) is 16.8 Å². The van der Waals surface area contributed by atoms with Crippen molar-refractivity contribution in [3.05, 3.63) is 47.5 Å². The summed E-state index contributed by atoms with van der Waals surface area (Å²) in [6.07, 6.45) is -2.63. The second-order valence-electron chi connectivity index (χ2n) is 7.58. The molecule has 0 bridgehead atoms. The van der Waals surface area contributed by atoms with E-state index in [9.17, 15) is 36.2 Å². The molecule has 0 radical (unpaired) electrons. The number of hydrogen-bond acceptors (Lipinski definition) is 10. The van der Waals surface area contributed by atoms with Crippen LogP contribution in [-0.4, -0.2) is 73.0 Å². The van der Waals surface area contributed by atoms with E-state index in [4.69, 9.17) is 0 Å². The SMILES string of the molecule is Cc1cc(-c2ccc(NCC(O)CS(=O)(=O)[O-])c(C)c2)ccc1NCC(O)CS(=O)(=O)[O-].[K+].[K+]. The van der Waals surface area contributed by atoms with Gasteiger partial charge in [-0.3, -0.25) is 0 Å². The van der Waals surface area contributed by atoms with Gasteiger partial charge in [-0.15, -0.1) is 0 Å². The number of rotatable bonds is 11. The van der Waals surface area contributed by atoms with E-state index >= 15 is 0 Å². The van der Waals surface area contributed by atoms with Gasteiger partial charge in [0.2, 0.25) is 0 Å². The van der Waals surface area contributed by atoms with Crippen LogP contribution in [0.4, 0.5) is 11.4 Å². The summed E-state index contributed by atoms with van der Waals surface area (Å²) in [5.41, 5.74) is 4.88. The van der Waals surface area contributed by atoms with E-state index < -0.39 is 43.9 Å². The Hall–Kier alpha value is 1.05. The average Bonchev–Trinajstić information content (AvgIpc) is 2.63. The molecule has 34 heavy (non-hydrogen) atoms. The molecule has 0 aromatic heterocycles. The van der Waals surface area contributed by atoms with Gasteiger partial charge in [0.05, 0.1) is 43.9 Å². The number of aliphatic hydroxyl groups excluding tert-OH is 2. The minimum atomic E-state index is -4.51. The summed E-state index contributed by atoms with van der Waals surface area (Å²) in [4.78, 5) is 0. The molecule has 0 amide bonds. The third kappa shape index (κ3) is 13.0. The van der Waals surface area contributed by atoms with Crippen molar-refractivity contribution in [2.75, 3.05) is 35.2 Å². The smallest absolute Gasteiger partial charge is 0.748 e. The molecule has 2 aromatic carbocycles. The Balaban J connectivity index is 0.00000544. The molecular weight excluding hydrogens is 539 g/mol. The fraction of sp³-hybridized carbons (Fsp3) is 0.400. The van der Waals surface area contributed by atoms with Crippen molar-refractivity contribution in [2.24, 2.45) is 0 Å². The summed E-state index contributed by atoms with van der Waals surface area (Å²) in [6.45, 7) is 3.52. The first-order valence-corrected chi connectivity index (χ1v) is 12.8. The van der Waals surface area contributed by atoms with Gasteiger partial charge in [0.1, 0.15) is 0 Å². The van der Waals surface area contributed by atoms with Crippen molar-refractivity contribution in [3.8, 4) is 11.1 Å². The minimum Gasteiger partial charge on any atom is -0.748 e. The number of benzene rings is 2. The molecule has 2 unspecified atom stereocenters. The number of nitrogens with one attached hydrogen (secondary N) is 2. The van der Waals surface area contributed by atoms with E-state index in [1.54, 1.807) is 12.1 Å². The van der Waals surface area contributed by atoms with Crippen LogP contribution in [0.25, 0.3) is 11.1 Å². The first-order chi connectivity index (χ1) is 14.7. The molecule has 0 saturated carbocycles.